The summed E-state index contributed by atoms with van der Waals surface area (Å²) in [5.41, 5.74) is -0.0113. The molecule has 1 saturated heterocycles. The molecule has 1 aliphatic heterocycles. The average Bonchev–Trinajstić information content (AvgIpc) is 2.89. The summed E-state index contributed by atoms with van der Waals surface area (Å²) in [6.07, 6.45) is 0.155. The van der Waals surface area contributed by atoms with Gasteiger partial charge in [0.25, 0.3) is 5.91 Å². The van der Waals surface area contributed by atoms with E-state index in [1.54, 1.807) is 0 Å². The third-order valence-electron chi connectivity index (χ3n) is 2.83. The van der Waals surface area contributed by atoms with Crippen LogP contribution in [0.1, 0.15) is 10.4 Å². The number of amides is 2. The number of imide groups is 1. The zero-order chi connectivity index (χ0) is 17.0. The lowest BCUT2D eigenvalue weighted by Gasteiger charge is -2.12. The Morgan fingerprint density at radius 3 is 2.65 bits per heavy atom. The highest BCUT2D eigenvalue weighted by Gasteiger charge is 2.29. The zero-order valence-electron chi connectivity index (χ0n) is 12.1. The van der Waals surface area contributed by atoms with E-state index in [2.05, 4.69) is 9.46 Å². The fourth-order valence-electron chi connectivity index (χ4n) is 1.85. The summed E-state index contributed by atoms with van der Waals surface area (Å²) in [6, 6.07) is 5.79. The Labute approximate surface area is 132 Å². The molecule has 0 aliphatic carbocycles. The summed E-state index contributed by atoms with van der Waals surface area (Å²) < 4.78 is 34.2. The highest BCUT2D eigenvalue weighted by molar-refractivity contribution is 7.92. The van der Waals surface area contributed by atoms with Crippen LogP contribution in [0.2, 0.25) is 0 Å². The SMILES string of the molecule is CS(=O)(=O)Nc1ccccc1C(=O)OCC(=O)N1CCOC1=O. The maximum absolute atomic E-state index is 12.0. The molecule has 1 fully saturated rings. The summed E-state index contributed by atoms with van der Waals surface area (Å²) >= 11 is 0. The molecule has 1 heterocycles. The van der Waals surface area contributed by atoms with Gasteiger partial charge in [0.2, 0.25) is 10.0 Å². The molecular formula is C13H14N2O7S. The van der Waals surface area contributed by atoms with Crippen molar-refractivity contribution in [3.8, 4) is 0 Å². The van der Waals surface area contributed by atoms with Crippen LogP contribution in [0.3, 0.4) is 0 Å². The predicted octanol–water partition coefficient (Wildman–Crippen LogP) is 0.194. The van der Waals surface area contributed by atoms with Crippen LogP contribution < -0.4 is 4.72 Å². The van der Waals surface area contributed by atoms with Crippen LogP contribution in [0.4, 0.5) is 10.5 Å². The van der Waals surface area contributed by atoms with Crippen LogP contribution in [0.15, 0.2) is 24.3 Å². The van der Waals surface area contributed by atoms with Gasteiger partial charge in [0.05, 0.1) is 24.1 Å². The summed E-state index contributed by atoms with van der Waals surface area (Å²) in [7, 11) is -3.58. The molecule has 1 aliphatic rings. The Hall–Kier alpha value is -2.62. The highest BCUT2D eigenvalue weighted by Crippen LogP contribution is 2.17. The van der Waals surface area contributed by atoms with E-state index in [0.29, 0.717) is 0 Å². The van der Waals surface area contributed by atoms with Crippen LogP contribution in [0, 0.1) is 0 Å². The van der Waals surface area contributed by atoms with E-state index in [9.17, 15) is 22.8 Å². The first-order chi connectivity index (χ1) is 10.8. The quantitative estimate of drug-likeness (QED) is 0.759. The van der Waals surface area contributed by atoms with Crippen molar-refractivity contribution in [3.63, 3.8) is 0 Å². The number of ether oxygens (including phenoxy) is 2. The summed E-state index contributed by atoms with van der Waals surface area (Å²) in [4.78, 5) is 35.8. The van der Waals surface area contributed by atoms with Gasteiger partial charge in [-0.05, 0) is 12.1 Å². The fraction of sp³-hybridized carbons (Fsp3) is 0.308. The molecule has 0 bridgehead atoms. The van der Waals surface area contributed by atoms with E-state index in [0.717, 1.165) is 11.2 Å². The number of benzene rings is 1. The predicted molar refractivity (Wildman–Crippen MR) is 78.3 cm³/mol. The van der Waals surface area contributed by atoms with E-state index in [4.69, 9.17) is 4.74 Å². The molecule has 1 aromatic rings. The van der Waals surface area contributed by atoms with Crippen LogP contribution in [0.25, 0.3) is 0 Å². The molecule has 0 saturated carbocycles. The average molecular weight is 342 g/mol. The molecule has 0 radical (unpaired) electrons. The molecule has 9 nitrogen and oxygen atoms in total. The van der Waals surface area contributed by atoms with Crippen LogP contribution >= 0.6 is 0 Å². The van der Waals surface area contributed by atoms with Gasteiger partial charge in [0, 0.05) is 0 Å². The van der Waals surface area contributed by atoms with E-state index in [-0.39, 0.29) is 24.4 Å². The number of sulfonamides is 1. The minimum Gasteiger partial charge on any atom is -0.452 e. The van der Waals surface area contributed by atoms with Gasteiger partial charge >= 0.3 is 12.1 Å². The molecule has 2 rings (SSSR count). The van der Waals surface area contributed by atoms with Crippen molar-refractivity contribution in [1.82, 2.24) is 4.90 Å². The van der Waals surface area contributed by atoms with Crippen molar-refractivity contribution in [1.29, 1.82) is 0 Å². The van der Waals surface area contributed by atoms with E-state index >= 15 is 0 Å². The van der Waals surface area contributed by atoms with Crippen molar-refractivity contribution in [2.45, 2.75) is 0 Å². The molecule has 0 unspecified atom stereocenters. The van der Waals surface area contributed by atoms with Gasteiger partial charge in [-0.15, -0.1) is 0 Å². The normalized spacial score (nSPS) is 14.3. The molecule has 23 heavy (non-hydrogen) atoms. The summed E-state index contributed by atoms with van der Waals surface area (Å²) in [6.45, 7) is -0.456. The first-order valence-electron chi connectivity index (χ1n) is 6.49. The standard InChI is InChI=1S/C13H14N2O7S/c1-23(19,20)14-10-5-3-2-4-9(10)12(17)22-8-11(16)15-6-7-21-13(15)18/h2-5,14H,6-8H2,1H3. The highest BCUT2D eigenvalue weighted by atomic mass is 32.2. The Kier molecular flexibility index (Phi) is 4.84. The smallest absolute Gasteiger partial charge is 0.416 e. The first kappa shape index (κ1) is 16.7. The Morgan fingerprint density at radius 1 is 1.35 bits per heavy atom. The van der Waals surface area contributed by atoms with E-state index in [1.165, 1.54) is 24.3 Å². The lowest BCUT2D eigenvalue weighted by molar-refractivity contribution is -0.131. The number of carbonyl (C=O) groups excluding carboxylic acids is 3. The van der Waals surface area contributed by atoms with E-state index in [1.807, 2.05) is 0 Å². The van der Waals surface area contributed by atoms with Gasteiger partial charge in [0.15, 0.2) is 6.61 Å². The van der Waals surface area contributed by atoms with Gasteiger partial charge in [0.1, 0.15) is 6.61 Å². The van der Waals surface area contributed by atoms with Gasteiger partial charge < -0.3 is 9.47 Å². The number of hydrogen-bond donors (Lipinski definition) is 1. The van der Waals surface area contributed by atoms with Crippen molar-refractivity contribution in [3.05, 3.63) is 29.8 Å². The van der Waals surface area contributed by atoms with E-state index < -0.39 is 34.6 Å². The Morgan fingerprint density at radius 2 is 2.04 bits per heavy atom. The number of cyclic esters (lactones) is 1. The Bertz CT molecular complexity index is 744. The van der Waals surface area contributed by atoms with Crippen molar-refractivity contribution >= 4 is 33.7 Å². The zero-order valence-corrected chi connectivity index (χ0v) is 13.0. The number of esters is 1. The van der Waals surface area contributed by atoms with Gasteiger partial charge in [-0.3, -0.25) is 9.52 Å². The second-order valence-corrected chi connectivity index (χ2v) is 6.40. The lowest BCUT2D eigenvalue weighted by Crippen LogP contribution is -2.35. The van der Waals surface area contributed by atoms with Crippen molar-refractivity contribution < 1.29 is 32.3 Å². The molecule has 0 spiro atoms. The number of carbonyl (C=O) groups is 3. The first-order valence-corrected chi connectivity index (χ1v) is 8.38. The number of nitrogens with zero attached hydrogens (tertiary/aromatic N) is 1. The van der Waals surface area contributed by atoms with Crippen LogP contribution in [-0.4, -0.2) is 57.3 Å². The second-order valence-electron chi connectivity index (χ2n) is 4.66. The molecule has 2 amide bonds. The minimum absolute atomic E-state index is 0.0352. The van der Waals surface area contributed by atoms with Gasteiger partial charge in [-0.25, -0.2) is 22.9 Å². The minimum atomic E-state index is -3.58. The number of para-hydroxylation sites is 1. The number of rotatable bonds is 5. The second kappa shape index (κ2) is 6.65. The molecule has 1 N–H and O–H groups in total. The third-order valence-corrected chi connectivity index (χ3v) is 3.42. The van der Waals surface area contributed by atoms with Crippen molar-refractivity contribution in [2.24, 2.45) is 0 Å². The number of hydrogen-bond acceptors (Lipinski definition) is 7. The molecule has 1 aromatic carbocycles. The van der Waals surface area contributed by atoms with Crippen LogP contribution in [-0.2, 0) is 24.3 Å². The maximum Gasteiger partial charge on any atom is 0.416 e. The van der Waals surface area contributed by atoms with Crippen molar-refractivity contribution in [2.75, 3.05) is 30.7 Å². The molecule has 10 heteroatoms. The third kappa shape index (κ3) is 4.42. The maximum atomic E-state index is 12.0. The number of nitrogens with one attached hydrogen (secondary N) is 1. The molecular weight excluding hydrogens is 328 g/mol. The topological polar surface area (TPSA) is 119 Å². The number of anilines is 1. The Balaban J connectivity index is 2.04. The lowest BCUT2D eigenvalue weighted by atomic mass is 10.2. The molecule has 0 aromatic heterocycles. The van der Waals surface area contributed by atoms with Crippen LogP contribution in [0.5, 0.6) is 0 Å². The van der Waals surface area contributed by atoms with Gasteiger partial charge in [-0.1, -0.05) is 12.1 Å². The van der Waals surface area contributed by atoms with Gasteiger partial charge in [-0.2, -0.15) is 0 Å². The summed E-state index contributed by atoms with van der Waals surface area (Å²) in [5, 5.41) is 0. The largest absolute Gasteiger partial charge is 0.452 e. The molecule has 0 atom stereocenters. The summed E-state index contributed by atoms with van der Waals surface area (Å²) in [5.74, 6) is -1.60. The fourth-order valence-corrected chi connectivity index (χ4v) is 2.43. The monoisotopic (exact) mass is 342 g/mol. The molecule has 124 valence electrons.